The summed E-state index contributed by atoms with van der Waals surface area (Å²) in [5.41, 5.74) is 8.59. The Kier molecular flexibility index (Phi) is 4.08. The van der Waals surface area contributed by atoms with E-state index in [1.165, 1.54) is 11.1 Å². The summed E-state index contributed by atoms with van der Waals surface area (Å²) >= 11 is 0. The molecular weight excluding hydrogens is 254 g/mol. The Morgan fingerprint density at radius 2 is 2.15 bits per heavy atom. The Balaban J connectivity index is 1.70. The van der Waals surface area contributed by atoms with Crippen LogP contribution in [0, 0.1) is 0 Å². The maximum absolute atomic E-state index is 9.82. The van der Waals surface area contributed by atoms with Gasteiger partial charge in [0.05, 0.1) is 18.3 Å². The highest BCUT2D eigenvalue weighted by atomic mass is 16.7. The normalized spacial score (nSPS) is 37.5. The number of aryl methyl sites for hydroxylation is 1. The van der Waals surface area contributed by atoms with Crippen molar-refractivity contribution in [3.05, 3.63) is 35.4 Å². The molecule has 1 fully saturated rings. The Bertz CT molecular complexity index is 453. The van der Waals surface area contributed by atoms with Crippen LogP contribution in [0.15, 0.2) is 24.3 Å². The third kappa shape index (κ3) is 2.74. The van der Waals surface area contributed by atoms with Gasteiger partial charge in [-0.3, -0.25) is 0 Å². The minimum atomic E-state index is -0.603. The zero-order chi connectivity index (χ0) is 14.1. The SMILES string of the molecule is C[C@H]1O[C@@H](O[C@@H]2CCCc3ccccc32)C[C@@H](N)[C@@H]1O. The van der Waals surface area contributed by atoms with Crippen LogP contribution in [0.2, 0.25) is 0 Å². The average Bonchev–Trinajstić information content (AvgIpc) is 2.45. The monoisotopic (exact) mass is 277 g/mol. The Labute approximate surface area is 119 Å². The lowest BCUT2D eigenvalue weighted by atomic mass is 9.89. The lowest BCUT2D eigenvalue weighted by Gasteiger charge is -2.38. The van der Waals surface area contributed by atoms with Crippen molar-refractivity contribution >= 4 is 0 Å². The van der Waals surface area contributed by atoms with Crippen molar-refractivity contribution in [1.82, 2.24) is 0 Å². The van der Waals surface area contributed by atoms with Gasteiger partial charge in [0.1, 0.15) is 0 Å². The van der Waals surface area contributed by atoms with Gasteiger partial charge in [-0.15, -0.1) is 0 Å². The molecule has 3 rings (SSSR count). The van der Waals surface area contributed by atoms with Crippen LogP contribution in [-0.4, -0.2) is 29.6 Å². The largest absolute Gasteiger partial charge is 0.389 e. The molecule has 0 bridgehead atoms. The maximum Gasteiger partial charge on any atom is 0.160 e. The first-order valence-corrected chi connectivity index (χ1v) is 7.47. The van der Waals surface area contributed by atoms with Crippen LogP contribution >= 0.6 is 0 Å². The maximum atomic E-state index is 9.82. The first-order chi connectivity index (χ1) is 9.65. The Morgan fingerprint density at radius 1 is 1.35 bits per heavy atom. The fraction of sp³-hybridized carbons (Fsp3) is 0.625. The van der Waals surface area contributed by atoms with E-state index in [0.29, 0.717) is 6.42 Å². The molecule has 1 saturated heterocycles. The van der Waals surface area contributed by atoms with Crippen molar-refractivity contribution in [2.24, 2.45) is 5.73 Å². The first-order valence-electron chi connectivity index (χ1n) is 7.47. The first kappa shape index (κ1) is 14.0. The van der Waals surface area contributed by atoms with E-state index in [-0.39, 0.29) is 24.5 Å². The lowest BCUT2D eigenvalue weighted by Crippen LogP contribution is -2.51. The molecular formula is C16H23NO3. The molecule has 0 amide bonds. The molecule has 1 aliphatic carbocycles. The molecule has 4 nitrogen and oxygen atoms in total. The second kappa shape index (κ2) is 5.82. The highest BCUT2D eigenvalue weighted by Crippen LogP contribution is 2.35. The predicted octanol–water partition coefficient (Wildman–Crippen LogP) is 1.90. The highest BCUT2D eigenvalue weighted by molar-refractivity contribution is 5.31. The van der Waals surface area contributed by atoms with Crippen molar-refractivity contribution in [1.29, 1.82) is 0 Å². The van der Waals surface area contributed by atoms with Crippen LogP contribution < -0.4 is 5.73 Å². The van der Waals surface area contributed by atoms with Crippen molar-refractivity contribution in [3.63, 3.8) is 0 Å². The molecule has 2 aliphatic rings. The number of nitrogens with two attached hydrogens (primary N) is 1. The van der Waals surface area contributed by atoms with Gasteiger partial charge >= 0.3 is 0 Å². The molecule has 1 aromatic rings. The van der Waals surface area contributed by atoms with E-state index in [4.69, 9.17) is 15.2 Å². The summed E-state index contributed by atoms with van der Waals surface area (Å²) in [6.45, 7) is 1.84. The molecule has 0 aromatic heterocycles. The van der Waals surface area contributed by atoms with Gasteiger partial charge in [-0.2, -0.15) is 0 Å². The van der Waals surface area contributed by atoms with E-state index in [2.05, 4.69) is 24.3 Å². The summed E-state index contributed by atoms with van der Waals surface area (Å²) in [4.78, 5) is 0. The molecule has 1 aliphatic heterocycles. The van der Waals surface area contributed by atoms with Gasteiger partial charge in [0.2, 0.25) is 0 Å². The summed E-state index contributed by atoms with van der Waals surface area (Å²) in [5.74, 6) is 0. The molecule has 1 heterocycles. The van der Waals surface area contributed by atoms with Gasteiger partial charge in [0.25, 0.3) is 0 Å². The standard InChI is InChI=1S/C16H23NO3/c1-10-16(18)13(17)9-15(19-10)20-14-8-4-6-11-5-2-3-7-12(11)14/h2-3,5,7,10,13-16,18H,4,6,8-9,17H2,1H3/t10-,13-,14-,15+,16-/m1/s1. The highest BCUT2D eigenvalue weighted by Gasteiger charge is 2.35. The van der Waals surface area contributed by atoms with Crippen LogP contribution in [0.3, 0.4) is 0 Å². The third-order valence-corrected chi connectivity index (χ3v) is 4.38. The van der Waals surface area contributed by atoms with Crippen molar-refractivity contribution in [2.75, 3.05) is 0 Å². The predicted molar refractivity (Wildman–Crippen MR) is 76.1 cm³/mol. The van der Waals surface area contributed by atoms with Gasteiger partial charge in [-0.05, 0) is 37.3 Å². The fourth-order valence-electron chi connectivity index (χ4n) is 3.21. The van der Waals surface area contributed by atoms with E-state index >= 15 is 0 Å². The molecule has 0 saturated carbocycles. The molecule has 0 spiro atoms. The van der Waals surface area contributed by atoms with E-state index in [1.54, 1.807) is 0 Å². The van der Waals surface area contributed by atoms with Crippen molar-refractivity contribution in [2.45, 2.75) is 63.3 Å². The van der Waals surface area contributed by atoms with E-state index in [0.717, 1.165) is 19.3 Å². The third-order valence-electron chi connectivity index (χ3n) is 4.38. The molecule has 0 radical (unpaired) electrons. The smallest absolute Gasteiger partial charge is 0.160 e. The summed E-state index contributed by atoms with van der Waals surface area (Å²) < 4.78 is 11.9. The second-order valence-corrected chi connectivity index (χ2v) is 5.88. The zero-order valence-corrected chi connectivity index (χ0v) is 11.9. The minimum Gasteiger partial charge on any atom is -0.389 e. The number of aliphatic hydroxyl groups excluding tert-OH is 1. The minimum absolute atomic E-state index is 0.0830. The molecule has 0 unspecified atom stereocenters. The van der Waals surface area contributed by atoms with E-state index in [1.807, 2.05) is 6.92 Å². The number of aliphatic hydroxyl groups is 1. The van der Waals surface area contributed by atoms with Crippen LogP contribution in [0.25, 0.3) is 0 Å². The summed E-state index contributed by atoms with van der Waals surface area (Å²) in [6.07, 6.45) is 2.71. The molecule has 1 aromatic carbocycles. The topological polar surface area (TPSA) is 64.7 Å². The van der Waals surface area contributed by atoms with Gasteiger partial charge in [-0.25, -0.2) is 0 Å². The van der Waals surface area contributed by atoms with Gasteiger partial charge in [-0.1, -0.05) is 24.3 Å². The van der Waals surface area contributed by atoms with Crippen molar-refractivity contribution < 1.29 is 14.6 Å². The summed E-state index contributed by atoms with van der Waals surface area (Å²) in [7, 11) is 0. The number of ether oxygens (including phenoxy) is 2. The zero-order valence-electron chi connectivity index (χ0n) is 11.9. The number of hydrogen-bond acceptors (Lipinski definition) is 4. The lowest BCUT2D eigenvalue weighted by molar-refractivity contribution is -0.242. The van der Waals surface area contributed by atoms with Crippen LogP contribution in [0.1, 0.15) is 43.4 Å². The Morgan fingerprint density at radius 3 is 2.95 bits per heavy atom. The molecule has 20 heavy (non-hydrogen) atoms. The number of benzene rings is 1. The van der Waals surface area contributed by atoms with Gasteiger partial charge in [0, 0.05) is 12.5 Å². The number of rotatable bonds is 2. The van der Waals surface area contributed by atoms with E-state index < -0.39 is 6.10 Å². The average molecular weight is 277 g/mol. The van der Waals surface area contributed by atoms with E-state index in [9.17, 15) is 5.11 Å². The van der Waals surface area contributed by atoms with Crippen molar-refractivity contribution in [3.8, 4) is 0 Å². The van der Waals surface area contributed by atoms with Crippen LogP contribution in [-0.2, 0) is 15.9 Å². The molecule has 5 atom stereocenters. The number of fused-ring (bicyclic) bond motifs is 1. The molecule has 110 valence electrons. The quantitative estimate of drug-likeness (QED) is 0.866. The van der Waals surface area contributed by atoms with Crippen LogP contribution in [0.4, 0.5) is 0 Å². The molecule has 4 heteroatoms. The second-order valence-electron chi connectivity index (χ2n) is 5.88. The molecule has 3 N–H and O–H groups in total. The van der Waals surface area contributed by atoms with Gasteiger partial charge < -0.3 is 20.3 Å². The summed E-state index contributed by atoms with van der Waals surface area (Å²) in [6, 6.07) is 8.17. The van der Waals surface area contributed by atoms with Gasteiger partial charge in [0.15, 0.2) is 6.29 Å². The van der Waals surface area contributed by atoms with Crippen LogP contribution in [0.5, 0.6) is 0 Å². The fourth-order valence-corrected chi connectivity index (χ4v) is 3.21. The Hall–Kier alpha value is -0.940. The number of hydrogen-bond donors (Lipinski definition) is 2. The summed E-state index contributed by atoms with van der Waals surface area (Å²) in [5, 5.41) is 9.82.